The minimum Gasteiger partial charge on any atom is -0.392 e. The van der Waals surface area contributed by atoms with E-state index in [2.05, 4.69) is 0 Å². The molecule has 4 atom stereocenters. The summed E-state index contributed by atoms with van der Waals surface area (Å²) in [5.41, 5.74) is 4.18. The molecule has 0 amide bonds. The van der Waals surface area contributed by atoms with Gasteiger partial charge in [0.15, 0.2) is 0 Å². The predicted molar refractivity (Wildman–Crippen MR) is 62.0 cm³/mol. The number of hydrogen-bond donors (Lipinski definition) is 2. The first kappa shape index (κ1) is 12.7. The molecule has 1 aromatic carbocycles. The van der Waals surface area contributed by atoms with E-state index in [1.54, 1.807) is 19.1 Å². The Labute approximate surface area is 103 Å². The molecule has 3 N–H and O–H groups in total. The largest absolute Gasteiger partial charge is 0.392 e. The average molecular weight is 262 g/mol. The van der Waals surface area contributed by atoms with Crippen LogP contribution < -0.4 is 5.73 Å². The van der Waals surface area contributed by atoms with Gasteiger partial charge in [-0.3, -0.25) is 0 Å². The third kappa shape index (κ3) is 1.84. The summed E-state index contributed by atoms with van der Waals surface area (Å²) >= 11 is 5.93. The minimum atomic E-state index is -2.77. The lowest BCUT2D eigenvalue weighted by molar-refractivity contribution is 0.0270. The van der Waals surface area contributed by atoms with Crippen LogP contribution in [-0.2, 0) is 5.54 Å². The van der Waals surface area contributed by atoms with Gasteiger partial charge in [-0.2, -0.15) is 0 Å². The maximum atomic E-state index is 13.3. The van der Waals surface area contributed by atoms with Crippen LogP contribution in [0.3, 0.4) is 0 Å². The third-order valence-corrected chi connectivity index (χ3v) is 3.91. The first-order valence-electron chi connectivity index (χ1n) is 5.40. The smallest absolute Gasteiger partial charge is 0.260 e. The summed E-state index contributed by atoms with van der Waals surface area (Å²) in [6, 6.07) is 6.29. The quantitative estimate of drug-likeness (QED) is 0.878. The zero-order chi connectivity index (χ0) is 12.8. The maximum Gasteiger partial charge on any atom is 0.260 e. The highest BCUT2D eigenvalue weighted by atomic mass is 35.5. The van der Waals surface area contributed by atoms with Gasteiger partial charge in [-0.1, -0.05) is 36.7 Å². The standard InChI is InChI=1S/C12H14ClF2NO/c1-6-9(10(6)17)12(16,11(14)15)7-4-2-3-5-8(7)13/h2-6,9-11,17H,16H2,1H3/t6-,9+,10-,12-/m0/s1. The van der Waals surface area contributed by atoms with Crippen LogP contribution in [-0.4, -0.2) is 17.6 Å². The Kier molecular flexibility index (Phi) is 3.14. The molecule has 1 saturated carbocycles. The van der Waals surface area contributed by atoms with Crippen molar-refractivity contribution in [3.05, 3.63) is 34.9 Å². The van der Waals surface area contributed by atoms with Crippen molar-refractivity contribution >= 4 is 11.6 Å². The van der Waals surface area contributed by atoms with Gasteiger partial charge in [-0.15, -0.1) is 0 Å². The van der Waals surface area contributed by atoms with E-state index in [1.807, 2.05) is 0 Å². The number of aliphatic hydroxyl groups excluding tert-OH is 1. The highest BCUT2D eigenvalue weighted by Gasteiger charge is 2.62. The molecular formula is C12H14ClF2NO. The number of rotatable bonds is 3. The number of hydrogen-bond acceptors (Lipinski definition) is 2. The molecule has 1 aliphatic rings. The number of alkyl halides is 2. The molecule has 0 unspecified atom stereocenters. The monoisotopic (exact) mass is 261 g/mol. The van der Waals surface area contributed by atoms with Crippen LogP contribution in [0.15, 0.2) is 24.3 Å². The van der Waals surface area contributed by atoms with Gasteiger partial charge in [0.05, 0.1) is 6.10 Å². The molecule has 2 nitrogen and oxygen atoms in total. The summed E-state index contributed by atoms with van der Waals surface area (Å²) in [6.07, 6.45) is -3.56. The Bertz CT molecular complexity index is 421. The lowest BCUT2D eigenvalue weighted by Crippen LogP contribution is -2.47. The van der Waals surface area contributed by atoms with Crippen LogP contribution in [0, 0.1) is 11.8 Å². The van der Waals surface area contributed by atoms with Gasteiger partial charge >= 0.3 is 0 Å². The molecule has 0 spiro atoms. The number of nitrogens with two attached hydrogens (primary N) is 1. The number of halogens is 3. The lowest BCUT2D eigenvalue weighted by Gasteiger charge is -2.30. The first-order valence-corrected chi connectivity index (χ1v) is 5.78. The van der Waals surface area contributed by atoms with Gasteiger partial charge in [0.25, 0.3) is 6.43 Å². The van der Waals surface area contributed by atoms with Crippen LogP contribution in [0.25, 0.3) is 0 Å². The highest BCUT2D eigenvalue weighted by molar-refractivity contribution is 6.31. The Morgan fingerprint density at radius 1 is 1.41 bits per heavy atom. The van der Waals surface area contributed by atoms with Crippen molar-refractivity contribution < 1.29 is 13.9 Å². The Balaban J connectivity index is 2.46. The van der Waals surface area contributed by atoms with Gasteiger partial charge in [0.2, 0.25) is 0 Å². The van der Waals surface area contributed by atoms with Crippen molar-refractivity contribution in [3.63, 3.8) is 0 Å². The van der Waals surface area contributed by atoms with Crippen LogP contribution in [0.5, 0.6) is 0 Å². The van der Waals surface area contributed by atoms with Crippen LogP contribution in [0.4, 0.5) is 8.78 Å². The van der Waals surface area contributed by atoms with Crippen molar-refractivity contribution in [2.75, 3.05) is 0 Å². The fourth-order valence-corrected chi connectivity index (χ4v) is 2.71. The van der Waals surface area contributed by atoms with Crippen molar-refractivity contribution in [1.29, 1.82) is 0 Å². The Morgan fingerprint density at radius 2 is 1.94 bits per heavy atom. The van der Waals surface area contributed by atoms with E-state index in [0.717, 1.165) is 0 Å². The van der Waals surface area contributed by atoms with Gasteiger partial charge in [0.1, 0.15) is 5.54 Å². The van der Waals surface area contributed by atoms with Crippen molar-refractivity contribution in [2.24, 2.45) is 17.6 Å². The highest BCUT2D eigenvalue weighted by Crippen LogP contribution is 2.53. The molecule has 94 valence electrons. The zero-order valence-electron chi connectivity index (χ0n) is 9.28. The average Bonchev–Trinajstić information content (AvgIpc) is 2.86. The molecule has 0 aromatic heterocycles. The van der Waals surface area contributed by atoms with Crippen LogP contribution in [0.2, 0.25) is 5.02 Å². The molecule has 2 rings (SSSR count). The zero-order valence-corrected chi connectivity index (χ0v) is 10.0. The molecule has 0 aliphatic heterocycles. The molecule has 0 bridgehead atoms. The Hall–Kier alpha value is -0.710. The first-order chi connectivity index (χ1) is 7.90. The van der Waals surface area contributed by atoms with Crippen molar-refractivity contribution in [1.82, 2.24) is 0 Å². The molecule has 1 aliphatic carbocycles. The van der Waals surface area contributed by atoms with Crippen LogP contribution in [0.1, 0.15) is 12.5 Å². The molecule has 0 saturated heterocycles. The second kappa shape index (κ2) is 4.19. The fraction of sp³-hybridized carbons (Fsp3) is 0.500. The number of benzene rings is 1. The molecular weight excluding hydrogens is 248 g/mol. The molecule has 5 heteroatoms. The minimum absolute atomic E-state index is 0.199. The molecule has 1 fully saturated rings. The van der Waals surface area contributed by atoms with Crippen molar-refractivity contribution in [2.45, 2.75) is 25.0 Å². The van der Waals surface area contributed by atoms with E-state index in [4.69, 9.17) is 17.3 Å². The van der Waals surface area contributed by atoms with Crippen LogP contribution >= 0.6 is 11.6 Å². The fourth-order valence-electron chi connectivity index (χ4n) is 2.41. The predicted octanol–water partition coefficient (Wildman–Crippen LogP) is 2.39. The van der Waals surface area contributed by atoms with Gasteiger partial charge in [0, 0.05) is 10.9 Å². The molecule has 0 heterocycles. The summed E-state index contributed by atoms with van der Waals surface area (Å²) in [7, 11) is 0. The van der Waals surface area contributed by atoms with Crippen molar-refractivity contribution in [3.8, 4) is 0 Å². The maximum absolute atomic E-state index is 13.3. The van der Waals surface area contributed by atoms with E-state index in [1.165, 1.54) is 12.1 Å². The summed E-state index contributed by atoms with van der Waals surface area (Å²) in [4.78, 5) is 0. The van der Waals surface area contributed by atoms with Gasteiger partial charge in [-0.25, -0.2) is 8.78 Å². The second-order valence-electron chi connectivity index (χ2n) is 4.59. The second-order valence-corrected chi connectivity index (χ2v) is 5.00. The molecule has 17 heavy (non-hydrogen) atoms. The third-order valence-electron chi connectivity index (χ3n) is 3.59. The van der Waals surface area contributed by atoms with E-state index in [9.17, 15) is 13.9 Å². The van der Waals surface area contributed by atoms with E-state index < -0.39 is 24.0 Å². The normalized spacial score (nSPS) is 31.4. The summed E-state index contributed by atoms with van der Waals surface area (Å²) in [5, 5.41) is 9.79. The summed E-state index contributed by atoms with van der Waals surface area (Å²) < 4.78 is 26.6. The SMILES string of the molecule is C[C@@H]1[C@H](O)[C@@H]1[C@@](N)(c1ccccc1Cl)C(F)F. The lowest BCUT2D eigenvalue weighted by atomic mass is 9.85. The number of aliphatic hydroxyl groups is 1. The van der Waals surface area contributed by atoms with E-state index in [0.29, 0.717) is 0 Å². The molecule has 1 aromatic rings. The Morgan fingerprint density at radius 3 is 2.35 bits per heavy atom. The van der Waals surface area contributed by atoms with Gasteiger partial charge in [-0.05, 0) is 17.5 Å². The van der Waals surface area contributed by atoms with Gasteiger partial charge < -0.3 is 10.8 Å². The summed E-state index contributed by atoms with van der Waals surface area (Å²) in [6.45, 7) is 1.70. The topological polar surface area (TPSA) is 46.2 Å². The molecule has 0 radical (unpaired) electrons. The summed E-state index contributed by atoms with van der Waals surface area (Å²) in [5.74, 6) is -0.882. The van der Waals surface area contributed by atoms with E-state index >= 15 is 0 Å². The van der Waals surface area contributed by atoms with E-state index in [-0.39, 0.29) is 16.5 Å².